The van der Waals surface area contributed by atoms with E-state index in [1.165, 1.54) is 85.7 Å². The number of β-amino-alcohol motifs (C(OH)–C–C–N with tert-alkyl or cyclic N) is 3. The topological polar surface area (TPSA) is 321 Å². The number of carbonyl (C=O) groups excluding carboxylic acids is 4. The largest absolute Gasteiger partial charge is 0.490 e. The van der Waals surface area contributed by atoms with Crippen molar-refractivity contribution in [3.63, 3.8) is 0 Å². The van der Waals surface area contributed by atoms with Crippen LogP contribution in [0, 0.1) is 0 Å². The number of furan rings is 3. The minimum atomic E-state index is -1.12. The first-order valence-corrected chi connectivity index (χ1v) is 50.7. The Bertz CT molecular complexity index is 7070. The van der Waals surface area contributed by atoms with Crippen molar-refractivity contribution in [1.82, 2.24) is 24.7 Å². The summed E-state index contributed by atoms with van der Waals surface area (Å²) in [5.41, 5.74) is 5.69. The normalized spacial score (nSPS) is 17.0. The predicted octanol–water partition coefficient (Wildman–Crippen LogP) is 20.5. The van der Waals surface area contributed by atoms with Crippen LogP contribution >= 0.6 is 22.7 Å². The predicted molar refractivity (Wildman–Crippen MR) is 553 cm³/mol. The van der Waals surface area contributed by atoms with Crippen molar-refractivity contribution in [2.75, 3.05) is 146 Å². The smallest absolute Gasteiger partial charge is 0.374 e. The number of carboxylic acids is 1. The van der Waals surface area contributed by atoms with E-state index in [9.17, 15) is 39.3 Å². The number of epoxide rings is 2. The molecule has 4 N–H and O–H groups in total. The van der Waals surface area contributed by atoms with Crippen LogP contribution in [0.2, 0.25) is 0 Å². The maximum Gasteiger partial charge on any atom is 0.374 e. The highest BCUT2D eigenvalue weighted by Gasteiger charge is 2.32. The molecule has 143 heavy (non-hydrogen) atoms. The summed E-state index contributed by atoms with van der Waals surface area (Å²) in [6.45, 7) is 14.3. The molecule has 0 aliphatic carbocycles. The molecule has 2 amide bonds. The fourth-order valence-corrected chi connectivity index (χ4v) is 21.1. The molecule has 0 bridgehead atoms. The van der Waals surface area contributed by atoms with Gasteiger partial charge in [-0.1, -0.05) is 164 Å². The van der Waals surface area contributed by atoms with E-state index in [1.807, 2.05) is 65.6 Å². The van der Waals surface area contributed by atoms with Crippen LogP contribution in [0.4, 0.5) is 0 Å². The molecular weight excluding hydrogens is 1860 g/mol. The lowest BCUT2D eigenvalue weighted by Crippen LogP contribution is -2.40. The number of hydrogen-bond donors (Lipinski definition) is 4. The molecule has 0 spiro atoms. The van der Waals surface area contributed by atoms with Crippen LogP contribution in [0.25, 0.3) is 85.4 Å². The Labute approximate surface area is 836 Å². The van der Waals surface area contributed by atoms with E-state index in [1.54, 1.807) is 79.9 Å². The second-order valence-electron chi connectivity index (χ2n) is 36.9. The maximum atomic E-state index is 12.5. The van der Waals surface area contributed by atoms with E-state index < -0.39 is 36.2 Å². The molecule has 6 saturated heterocycles. The minimum Gasteiger partial charge on any atom is -0.490 e. The van der Waals surface area contributed by atoms with E-state index in [4.69, 9.17) is 65.8 Å². The van der Waals surface area contributed by atoms with Crippen LogP contribution in [0.1, 0.15) is 144 Å². The standard InChI is InChI=1S/C29H31NO5.C28H29NO5.C27H27NO5.C16H17NO3S.C14H15NO4S/c1-2-33-29(32)27-17-24-8-5-9-26(28(24)35-27)34-19-25(31)18-30-14-12-21(13-15-30)23-11-10-20-6-3-4-7-22(20)16-23;1-32-28(31)27-16-24-25(7-4-8-26(24)34-27)33-18-23(30)17-29-13-11-20(12-14-29)22-10-9-19-5-2-3-6-21(19)15-22;29-22(17-32-24-6-3-7-25-23(24)15-26(33-25)27(30)31)16-28-12-10-19(11-13-28)21-9-8-18-4-1-2-5-20(18)14-21;18-16(17-6-1-2-7-17)15-8-12-13(20-10-11-9-19-11)4-3-5-14(12)21-15;1-15(17-2)14(16)13-6-10-11(19-8-9-7-18-9)4-3-5-12(10)20-13/h3-11,16-17,21,25,31H,2,12-15,18-19H2,1H3;2-10,15-16,20,23,30H,11-14,17-18H2,1H3;1-9,14-15,19,22,29H,10-13,16-17H2,(H,30,31);3-5,8,11H,1-2,6-7,9-10H2;3-6,9H,7-8H2,1-2H3/t25-;23-;22-;11-;9-/m00000/s1. The number of hydroxylamine groups is 2. The van der Waals surface area contributed by atoms with Crippen LogP contribution in [-0.4, -0.2) is 251 Å². The van der Waals surface area contributed by atoms with Crippen molar-refractivity contribution in [3.8, 4) is 28.7 Å². The molecule has 0 unspecified atom stereocenters. The summed E-state index contributed by atoms with van der Waals surface area (Å²) in [6, 6.07) is 82.1. The zero-order chi connectivity index (χ0) is 98.8. The highest BCUT2D eigenvalue weighted by molar-refractivity contribution is 7.21. The number of ether oxygens (including phenoxy) is 9. The number of carboxylic acid groups (broad SMARTS) is 1. The average molecular weight is 1980 g/mol. The Balaban J connectivity index is 0.000000120. The number of amides is 2. The molecule has 5 atom stereocenters. The lowest BCUT2D eigenvalue weighted by atomic mass is 9.88. The van der Waals surface area contributed by atoms with Gasteiger partial charge in [0, 0.05) is 77.5 Å². The van der Waals surface area contributed by atoms with Gasteiger partial charge in [-0.15, -0.1) is 22.7 Å². The van der Waals surface area contributed by atoms with Gasteiger partial charge in [0.25, 0.3) is 11.8 Å². The number of fused-ring (bicyclic) bond motifs is 8. The number of aliphatic hydroxyl groups excluding tert-OH is 3. The maximum absolute atomic E-state index is 12.5. The summed E-state index contributed by atoms with van der Waals surface area (Å²) in [4.78, 5) is 74.7. The fourth-order valence-electron chi connectivity index (χ4n) is 19.0. The second kappa shape index (κ2) is 47.3. The Morgan fingerprint density at radius 2 is 0.790 bits per heavy atom. The van der Waals surface area contributed by atoms with Crippen molar-refractivity contribution in [2.24, 2.45) is 0 Å². The third kappa shape index (κ3) is 25.7. The first-order chi connectivity index (χ1) is 69.8. The Morgan fingerprint density at radius 3 is 1.22 bits per heavy atom. The van der Waals surface area contributed by atoms with Gasteiger partial charge < -0.3 is 95.9 Å². The van der Waals surface area contributed by atoms with Crippen LogP contribution in [0.3, 0.4) is 0 Å². The van der Waals surface area contributed by atoms with Gasteiger partial charge in [0.05, 0.1) is 54.6 Å². The van der Waals surface area contributed by atoms with Crippen molar-refractivity contribution in [1.29, 1.82) is 0 Å². The quantitative estimate of drug-likeness (QED) is 0.0178. The van der Waals surface area contributed by atoms with E-state index in [-0.39, 0.29) is 67.7 Å². The Hall–Kier alpha value is -13.3. The SMILES string of the molecule is CCOC(=O)c1cc2cccc(OC[C@@H](O)CN3CCC(c4ccc5ccccc5c4)CC3)c2o1.COC(=O)c1cc2c(OC[C@@H](O)CN3CCC(c4ccc5ccccc5c4)CC3)cccc2o1.CON(C)C(=O)c1cc2c(OC[C@@H]3CO3)cccc2s1.O=C(O)c1cc2c(OC[C@@H](O)CN3CCC(c4ccc5ccccc5c4)CC3)cccc2o1.O=C(c1cc2c(OC[C@@H]3CO3)cccc2s1)N1CCCC1. The van der Waals surface area contributed by atoms with Gasteiger partial charge in [0.1, 0.15) is 97.7 Å². The summed E-state index contributed by atoms with van der Waals surface area (Å²) in [5.74, 6) is 2.86. The van der Waals surface area contributed by atoms with E-state index >= 15 is 0 Å². The molecule has 5 aromatic heterocycles. The number of likely N-dealkylation sites (tertiary alicyclic amines) is 4. The molecule has 11 heterocycles. The first-order valence-electron chi connectivity index (χ1n) is 49.0. The van der Waals surface area contributed by atoms with Gasteiger partial charge >= 0.3 is 17.9 Å². The van der Waals surface area contributed by atoms with Gasteiger partial charge in [-0.25, -0.2) is 19.4 Å². The Kier molecular flexibility index (Phi) is 33.0. The highest BCUT2D eigenvalue weighted by atomic mass is 32.1. The summed E-state index contributed by atoms with van der Waals surface area (Å²) in [6.07, 6.45) is 7.27. The van der Waals surface area contributed by atoms with Gasteiger partial charge in [0.2, 0.25) is 17.3 Å². The van der Waals surface area contributed by atoms with E-state index in [0.29, 0.717) is 100 Å². The monoisotopic (exact) mass is 1970 g/mol. The van der Waals surface area contributed by atoms with Crippen molar-refractivity contribution in [2.45, 2.75) is 107 Å². The molecule has 29 heteroatoms. The summed E-state index contributed by atoms with van der Waals surface area (Å²) in [5, 5.41) is 53.8. The minimum absolute atomic E-state index is 0.128. The fraction of sp³-hybridized carbons (Fsp3) is 0.342. The average Bonchev–Trinajstić information content (AvgIpc) is 1.80. The lowest BCUT2D eigenvalue weighted by Gasteiger charge is -2.33. The number of piperidine rings is 3. The van der Waals surface area contributed by atoms with Crippen molar-refractivity contribution < 1.29 is 105 Å². The summed E-state index contributed by atoms with van der Waals surface area (Å²) in [7, 11) is 4.37. The van der Waals surface area contributed by atoms with Gasteiger partial charge in [0.15, 0.2) is 11.3 Å². The lowest BCUT2D eigenvalue weighted by molar-refractivity contribution is -0.0753. The third-order valence-electron chi connectivity index (χ3n) is 26.9. The molecule has 6 aliphatic heterocycles. The van der Waals surface area contributed by atoms with Crippen LogP contribution in [0.15, 0.2) is 262 Å². The molecule has 16 aromatic rings. The highest BCUT2D eigenvalue weighted by Crippen LogP contribution is 2.41. The van der Waals surface area contributed by atoms with Crippen LogP contribution in [0.5, 0.6) is 28.7 Å². The first kappa shape index (κ1) is 99.9. The molecule has 6 fully saturated rings. The van der Waals surface area contributed by atoms with Gasteiger partial charge in [-0.05, 0) is 237 Å². The third-order valence-corrected chi connectivity index (χ3v) is 29.1. The number of para-hydroxylation sites is 1. The number of rotatable bonds is 31. The number of nitrogens with zero attached hydrogens (tertiary/aromatic N) is 5. The van der Waals surface area contributed by atoms with E-state index in [2.05, 4.69) is 142 Å². The molecule has 22 rings (SSSR count). The summed E-state index contributed by atoms with van der Waals surface area (Å²) >= 11 is 2.98. The van der Waals surface area contributed by atoms with Crippen LogP contribution < -0.4 is 23.7 Å². The molecular formula is C114H119N5O22S2. The molecule has 0 radical (unpaired) electrons. The number of carbonyl (C=O) groups is 5. The zero-order valence-corrected chi connectivity index (χ0v) is 82.2. The number of methoxy groups -OCH3 is 1. The Morgan fingerprint density at radius 1 is 0.406 bits per heavy atom. The number of esters is 2. The van der Waals surface area contributed by atoms with E-state index in [0.717, 1.165) is 159 Å². The molecule has 6 aliphatic rings. The number of hydrogen-bond acceptors (Lipinski definition) is 26. The number of aromatic carboxylic acids is 1. The summed E-state index contributed by atoms with van der Waals surface area (Å²) < 4.78 is 67.9. The molecule has 27 nitrogen and oxygen atoms in total. The molecule has 0 saturated carbocycles. The molecule has 11 aromatic carbocycles. The van der Waals surface area contributed by atoms with Gasteiger partial charge in [-0.3, -0.25) is 14.4 Å². The van der Waals surface area contributed by atoms with Crippen molar-refractivity contribution in [3.05, 3.63) is 292 Å². The molecule has 744 valence electrons. The number of benzene rings is 11. The van der Waals surface area contributed by atoms with Crippen molar-refractivity contribution >= 4 is 138 Å². The number of thiophene rings is 2. The van der Waals surface area contributed by atoms with Gasteiger partial charge in [-0.2, -0.15) is 0 Å². The van der Waals surface area contributed by atoms with Crippen LogP contribution in [-0.2, 0) is 23.8 Å². The zero-order valence-electron chi connectivity index (χ0n) is 80.6. The second-order valence-corrected chi connectivity index (χ2v) is 39.0. The number of aliphatic hydroxyl groups is 3.